The Bertz CT molecular complexity index is 85.6. The Kier molecular flexibility index (Phi) is 6.57. The normalized spacial score (nSPS) is 16.4. The molecule has 0 aromatic carbocycles. The number of nitrogens with one attached hydrogen (secondary N) is 1. The molecule has 0 bridgehead atoms. The lowest BCUT2D eigenvalue weighted by Gasteiger charge is -2.14. The maximum absolute atomic E-state index is 5.15. The van der Waals surface area contributed by atoms with Gasteiger partial charge >= 0.3 is 0 Å². The van der Waals surface area contributed by atoms with Crippen molar-refractivity contribution < 1.29 is 4.74 Å². The third-order valence-corrected chi connectivity index (χ3v) is 1.96. The molecule has 68 valence electrons. The zero-order valence-corrected chi connectivity index (χ0v) is 8.18. The Balaban J connectivity index is 3.22. The summed E-state index contributed by atoms with van der Waals surface area (Å²) in [4.78, 5) is 0. The number of methoxy groups -OCH3 is 1. The van der Waals surface area contributed by atoms with Crippen molar-refractivity contribution >= 4 is 0 Å². The van der Waals surface area contributed by atoms with Crippen molar-refractivity contribution in [1.82, 2.24) is 5.32 Å². The fourth-order valence-electron chi connectivity index (χ4n) is 1.05. The maximum atomic E-state index is 5.15. The lowest BCUT2D eigenvalue weighted by Crippen LogP contribution is -2.26. The van der Waals surface area contributed by atoms with Gasteiger partial charge in [-0.2, -0.15) is 0 Å². The molecule has 2 atom stereocenters. The highest BCUT2D eigenvalue weighted by Crippen LogP contribution is 2.02. The first-order valence-electron chi connectivity index (χ1n) is 4.46. The predicted octanol–water partition coefficient (Wildman–Crippen LogP) is 1.80. The molecule has 2 heteroatoms. The Labute approximate surface area is 70.3 Å². The largest absolute Gasteiger partial charge is 0.382 e. The van der Waals surface area contributed by atoms with E-state index in [0.717, 1.165) is 13.0 Å². The summed E-state index contributed by atoms with van der Waals surface area (Å²) in [6.07, 6.45) is 2.74. The first kappa shape index (κ1) is 10.9. The van der Waals surface area contributed by atoms with Crippen LogP contribution >= 0.6 is 0 Å². The minimum absolute atomic E-state index is 0.399. The molecule has 0 spiro atoms. The number of hydrogen-bond acceptors (Lipinski definition) is 2. The van der Waals surface area contributed by atoms with Crippen molar-refractivity contribution in [1.29, 1.82) is 0 Å². The Morgan fingerprint density at radius 2 is 1.91 bits per heavy atom. The second-order valence-electron chi connectivity index (χ2n) is 3.08. The van der Waals surface area contributed by atoms with Crippen molar-refractivity contribution in [2.45, 2.75) is 45.8 Å². The van der Waals surface area contributed by atoms with Gasteiger partial charge in [-0.05, 0) is 33.2 Å². The minimum Gasteiger partial charge on any atom is -0.382 e. The van der Waals surface area contributed by atoms with E-state index in [0.29, 0.717) is 12.1 Å². The lowest BCUT2D eigenvalue weighted by molar-refractivity contribution is 0.106. The number of ether oxygens (including phenoxy) is 1. The van der Waals surface area contributed by atoms with E-state index in [-0.39, 0.29) is 0 Å². The summed E-state index contributed by atoms with van der Waals surface area (Å²) >= 11 is 0. The third-order valence-electron chi connectivity index (χ3n) is 1.96. The van der Waals surface area contributed by atoms with Crippen LogP contribution in [0.1, 0.15) is 33.6 Å². The summed E-state index contributed by atoms with van der Waals surface area (Å²) < 4.78 is 5.15. The molecule has 0 radical (unpaired) electrons. The molecule has 2 unspecified atom stereocenters. The molecule has 0 saturated heterocycles. The van der Waals surface area contributed by atoms with Gasteiger partial charge in [0.1, 0.15) is 0 Å². The third kappa shape index (κ3) is 6.32. The number of rotatable bonds is 6. The fraction of sp³-hybridized carbons (Fsp3) is 1.00. The lowest BCUT2D eigenvalue weighted by atomic mass is 10.1. The van der Waals surface area contributed by atoms with E-state index in [9.17, 15) is 0 Å². The molecular weight excluding hydrogens is 138 g/mol. The molecule has 0 aliphatic heterocycles. The molecule has 1 N–H and O–H groups in total. The van der Waals surface area contributed by atoms with Crippen LogP contribution in [0.3, 0.4) is 0 Å². The summed E-state index contributed by atoms with van der Waals surface area (Å²) in [5.41, 5.74) is 0. The standard InChI is InChI=1S/C9H21NO/c1-5-10-8(2)6-7-9(3)11-4/h8-10H,5-7H2,1-4H3. The molecule has 0 aromatic rings. The van der Waals surface area contributed by atoms with Gasteiger partial charge in [-0.1, -0.05) is 6.92 Å². The van der Waals surface area contributed by atoms with Crippen LogP contribution < -0.4 is 5.32 Å². The predicted molar refractivity (Wildman–Crippen MR) is 48.8 cm³/mol. The number of hydrogen-bond donors (Lipinski definition) is 1. The monoisotopic (exact) mass is 159 g/mol. The molecule has 0 fully saturated rings. The zero-order valence-electron chi connectivity index (χ0n) is 8.18. The van der Waals surface area contributed by atoms with Gasteiger partial charge in [0.25, 0.3) is 0 Å². The summed E-state index contributed by atoms with van der Waals surface area (Å²) in [7, 11) is 1.77. The van der Waals surface area contributed by atoms with Gasteiger partial charge in [0.05, 0.1) is 6.10 Å². The van der Waals surface area contributed by atoms with Crippen LogP contribution in [0.4, 0.5) is 0 Å². The van der Waals surface area contributed by atoms with Gasteiger partial charge < -0.3 is 10.1 Å². The SMILES string of the molecule is CCNC(C)CCC(C)OC. The molecule has 0 heterocycles. The summed E-state index contributed by atoms with van der Waals surface area (Å²) in [6, 6.07) is 0.623. The van der Waals surface area contributed by atoms with E-state index < -0.39 is 0 Å². The van der Waals surface area contributed by atoms with Gasteiger partial charge in [-0.3, -0.25) is 0 Å². The zero-order chi connectivity index (χ0) is 8.69. The van der Waals surface area contributed by atoms with Gasteiger partial charge in [0, 0.05) is 13.2 Å². The van der Waals surface area contributed by atoms with E-state index in [1.807, 2.05) is 0 Å². The molecule has 0 rings (SSSR count). The van der Waals surface area contributed by atoms with E-state index in [2.05, 4.69) is 26.1 Å². The first-order chi connectivity index (χ1) is 5.20. The summed E-state index contributed by atoms with van der Waals surface area (Å²) in [5.74, 6) is 0. The van der Waals surface area contributed by atoms with Crippen LogP contribution in [0.25, 0.3) is 0 Å². The van der Waals surface area contributed by atoms with Crippen molar-refractivity contribution in [3.63, 3.8) is 0 Å². The minimum atomic E-state index is 0.399. The average molecular weight is 159 g/mol. The molecule has 11 heavy (non-hydrogen) atoms. The highest BCUT2D eigenvalue weighted by molar-refractivity contribution is 4.61. The van der Waals surface area contributed by atoms with Crippen LogP contribution in [-0.2, 0) is 4.74 Å². The topological polar surface area (TPSA) is 21.3 Å². The van der Waals surface area contributed by atoms with Crippen LogP contribution in [0.5, 0.6) is 0 Å². The fourth-order valence-corrected chi connectivity index (χ4v) is 1.05. The molecule has 0 aromatic heterocycles. The Hall–Kier alpha value is -0.0800. The average Bonchev–Trinajstić information content (AvgIpc) is 2.01. The van der Waals surface area contributed by atoms with Crippen molar-refractivity contribution in [3.8, 4) is 0 Å². The molecule has 2 nitrogen and oxygen atoms in total. The Morgan fingerprint density at radius 1 is 1.27 bits per heavy atom. The maximum Gasteiger partial charge on any atom is 0.0543 e. The van der Waals surface area contributed by atoms with Crippen LogP contribution in [0, 0.1) is 0 Å². The van der Waals surface area contributed by atoms with Gasteiger partial charge in [-0.15, -0.1) is 0 Å². The molecule has 0 aliphatic carbocycles. The summed E-state index contributed by atoms with van der Waals surface area (Å²) in [6.45, 7) is 7.52. The van der Waals surface area contributed by atoms with Crippen LogP contribution in [0.2, 0.25) is 0 Å². The van der Waals surface area contributed by atoms with Crippen molar-refractivity contribution in [3.05, 3.63) is 0 Å². The molecule has 0 aliphatic rings. The van der Waals surface area contributed by atoms with Gasteiger partial charge in [0.15, 0.2) is 0 Å². The van der Waals surface area contributed by atoms with Crippen LogP contribution in [-0.4, -0.2) is 25.8 Å². The molecule has 0 saturated carbocycles. The van der Waals surface area contributed by atoms with E-state index in [1.54, 1.807) is 7.11 Å². The van der Waals surface area contributed by atoms with Crippen molar-refractivity contribution in [2.75, 3.05) is 13.7 Å². The van der Waals surface area contributed by atoms with E-state index in [1.165, 1.54) is 6.42 Å². The quantitative estimate of drug-likeness (QED) is 0.638. The van der Waals surface area contributed by atoms with E-state index in [4.69, 9.17) is 4.74 Å². The first-order valence-corrected chi connectivity index (χ1v) is 4.46. The highest BCUT2D eigenvalue weighted by Gasteiger charge is 2.03. The molecular formula is C9H21NO. The summed E-state index contributed by atoms with van der Waals surface area (Å²) in [5, 5.41) is 3.37. The Morgan fingerprint density at radius 3 is 2.36 bits per heavy atom. The van der Waals surface area contributed by atoms with Gasteiger partial charge in [-0.25, -0.2) is 0 Å². The van der Waals surface area contributed by atoms with Crippen molar-refractivity contribution in [2.24, 2.45) is 0 Å². The smallest absolute Gasteiger partial charge is 0.0543 e. The highest BCUT2D eigenvalue weighted by atomic mass is 16.5. The second kappa shape index (κ2) is 6.62. The second-order valence-corrected chi connectivity index (χ2v) is 3.08. The molecule has 0 amide bonds. The van der Waals surface area contributed by atoms with Crippen LogP contribution in [0.15, 0.2) is 0 Å². The van der Waals surface area contributed by atoms with E-state index >= 15 is 0 Å². The van der Waals surface area contributed by atoms with Gasteiger partial charge in [0.2, 0.25) is 0 Å².